The Kier molecular flexibility index (Phi) is 2.71. The lowest BCUT2D eigenvalue weighted by Crippen LogP contribution is -2.07. The molecule has 0 aliphatic carbocycles. The largest absolute Gasteiger partial charge is 0.417 e. The molecule has 1 rings (SSSR count). The fraction of sp³-hybridized carbons (Fsp3) is 0.125. The molecule has 0 aliphatic rings. The first kappa shape index (κ1) is 10.9. The van der Waals surface area contributed by atoms with E-state index >= 15 is 0 Å². The van der Waals surface area contributed by atoms with Gasteiger partial charge in [0.2, 0.25) is 0 Å². The average Bonchev–Trinajstić information content (AvgIpc) is 2.02. The van der Waals surface area contributed by atoms with Crippen molar-refractivity contribution in [2.75, 3.05) is 5.73 Å². The van der Waals surface area contributed by atoms with E-state index in [4.69, 9.17) is 11.0 Å². The Morgan fingerprint density at radius 3 is 2.36 bits per heavy atom. The molecular weight excluding hydrogens is 261 g/mol. The van der Waals surface area contributed by atoms with Gasteiger partial charge in [0.15, 0.2) is 0 Å². The van der Waals surface area contributed by atoms with Crippen LogP contribution >= 0.6 is 15.9 Å². The van der Waals surface area contributed by atoms with Gasteiger partial charge in [0.25, 0.3) is 0 Å². The van der Waals surface area contributed by atoms with Crippen molar-refractivity contribution in [3.63, 3.8) is 0 Å². The van der Waals surface area contributed by atoms with Gasteiger partial charge in [-0.1, -0.05) is 15.9 Å². The average molecular weight is 265 g/mol. The molecule has 2 nitrogen and oxygen atoms in total. The number of hydrogen-bond donors (Lipinski definition) is 1. The summed E-state index contributed by atoms with van der Waals surface area (Å²) in [6.45, 7) is 0. The zero-order chi connectivity index (χ0) is 10.9. The van der Waals surface area contributed by atoms with Gasteiger partial charge in [-0.2, -0.15) is 18.4 Å². The summed E-state index contributed by atoms with van der Waals surface area (Å²) in [5.74, 6) is 0. The smallest absolute Gasteiger partial charge is 0.398 e. The number of nitrogens with zero attached hydrogens (tertiary/aromatic N) is 1. The van der Waals surface area contributed by atoms with Crippen LogP contribution < -0.4 is 5.73 Å². The SMILES string of the molecule is N#Cc1cc(C(F)(F)F)c(Br)cc1N. The minimum Gasteiger partial charge on any atom is -0.398 e. The highest BCUT2D eigenvalue weighted by atomic mass is 79.9. The molecule has 2 N–H and O–H groups in total. The van der Waals surface area contributed by atoms with Crippen LogP contribution in [0.4, 0.5) is 18.9 Å². The minimum absolute atomic E-state index is 0.0207. The molecule has 0 spiro atoms. The van der Waals surface area contributed by atoms with Crippen molar-refractivity contribution in [3.05, 3.63) is 27.7 Å². The Balaban J connectivity index is 3.41. The summed E-state index contributed by atoms with van der Waals surface area (Å²) in [4.78, 5) is 0. The highest BCUT2D eigenvalue weighted by Gasteiger charge is 2.33. The molecule has 0 atom stereocenters. The van der Waals surface area contributed by atoms with E-state index in [0.717, 1.165) is 12.1 Å². The van der Waals surface area contributed by atoms with Crippen LogP contribution in [0.15, 0.2) is 16.6 Å². The van der Waals surface area contributed by atoms with Crippen LogP contribution in [-0.4, -0.2) is 0 Å². The lowest BCUT2D eigenvalue weighted by atomic mass is 10.1. The molecule has 0 saturated carbocycles. The number of nitrogen functional groups attached to an aromatic ring is 1. The van der Waals surface area contributed by atoms with E-state index in [1.54, 1.807) is 6.07 Å². The van der Waals surface area contributed by atoms with E-state index in [1.807, 2.05) is 0 Å². The van der Waals surface area contributed by atoms with Crippen molar-refractivity contribution in [3.8, 4) is 6.07 Å². The van der Waals surface area contributed by atoms with Crippen molar-refractivity contribution < 1.29 is 13.2 Å². The summed E-state index contributed by atoms with van der Waals surface area (Å²) in [6, 6.07) is 3.38. The van der Waals surface area contributed by atoms with Gasteiger partial charge in [-0.05, 0) is 12.1 Å². The molecule has 0 saturated heterocycles. The molecule has 14 heavy (non-hydrogen) atoms. The molecule has 0 fully saturated rings. The number of anilines is 1. The van der Waals surface area contributed by atoms with Crippen LogP contribution in [-0.2, 0) is 6.18 Å². The summed E-state index contributed by atoms with van der Waals surface area (Å²) in [5.41, 5.74) is 4.27. The summed E-state index contributed by atoms with van der Waals surface area (Å²) < 4.78 is 36.8. The van der Waals surface area contributed by atoms with Gasteiger partial charge < -0.3 is 5.73 Å². The van der Waals surface area contributed by atoms with Crippen LogP contribution in [0, 0.1) is 11.3 Å². The second kappa shape index (κ2) is 3.50. The fourth-order valence-electron chi connectivity index (χ4n) is 0.903. The molecular formula is C8H4BrF3N2. The van der Waals surface area contributed by atoms with E-state index in [2.05, 4.69) is 15.9 Å². The second-order valence-electron chi connectivity index (χ2n) is 2.53. The topological polar surface area (TPSA) is 49.8 Å². The number of halogens is 4. The highest BCUT2D eigenvalue weighted by molar-refractivity contribution is 9.10. The predicted octanol–water partition coefficient (Wildman–Crippen LogP) is 2.92. The number of alkyl halides is 3. The molecule has 0 amide bonds. The van der Waals surface area contributed by atoms with E-state index < -0.39 is 11.7 Å². The third-order valence-corrected chi connectivity index (χ3v) is 2.22. The molecule has 1 aromatic rings. The van der Waals surface area contributed by atoms with Gasteiger partial charge in [0, 0.05) is 4.47 Å². The molecule has 74 valence electrons. The summed E-state index contributed by atoms with van der Waals surface area (Å²) >= 11 is 2.74. The third-order valence-electron chi connectivity index (χ3n) is 1.57. The van der Waals surface area contributed by atoms with Crippen LogP contribution in [0.5, 0.6) is 0 Å². The monoisotopic (exact) mass is 264 g/mol. The van der Waals surface area contributed by atoms with Gasteiger partial charge in [0.1, 0.15) is 6.07 Å². The van der Waals surface area contributed by atoms with Crippen molar-refractivity contribution >= 4 is 21.6 Å². The number of nitriles is 1. The summed E-state index contributed by atoms with van der Waals surface area (Å²) in [5, 5.41) is 8.49. The third kappa shape index (κ3) is 1.99. The zero-order valence-corrected chi connectivity index (χ0v) is 8.28. The van der Waals surface area contributed by atoms with E-state index in [-0.39, 0.29) is 15.7 Å². The molecule has 0 unspecified atom stereocenters. The highest BCUT2D eigenvalue weighted by Crippen LogP contribution is 2.36. The van der Waals surface area contributed by atoms with Crippen LogP contribution in [0.3, 0.4) is 0 Å². The molecule has 0 aromatic heterocycles. The first-order chi connectivity index (χ1) is 6.36. The maximum atomic E-state index is 12.3. The second-order valence-corrected chi connectivity index (χ2v) is 3.38. The summed E-state index contributed by atoms with van der Waals surface area (Å²) in [7, 11) is 0. The molecule has 0 bridgehead atoms. The number of nitrogens with two attached hydrogens (primary N) is 1. The first-order valence-electron chi connectivity index (χ1n) is 3.42. The van der Waals surface area contributed by atoms with Crippen molar-refractivity contribution in [2.24, 2.45) is 0 Å². The van der Waals surface area contributed by atoms with E-state index in [0.29, 0.717) is 0 Å². The normalized spacial score (nSPS) is 11.1. The molecule has 6 heteroatoms. The zero-order valence-electron chi connectivity index (χ0n) is 6.69. The van der Waals surface area contributed by atoms with Gasteiger partial charge in [-0.3, -0.25) is 0 Å². The first-order valence-corrected chi connectivity index (χ1v) is 4.22. The molecule has 0 radical (unpaired) electrons. The maximum Gasteiger partial charge on any atom is 0.417 e. The molecule has 1 aromatic carbocycles. The van der Waals surface area contributed by atoms with Crippen LogP contribution in [0.1, 0.15) is 11.1 Å². The van der Waals surface area contributed by atoms with Crippen molar-refractivity contribution in [2.45, 2.75) is 6.18 Å². The van der Waals surface area contributed by atoms with Gasteiger partial charge in [-0.25, -0.2) is 0 Å². The van der Waals surface area contributed by atoms with Gasteiger partial charge >= 0.3 is 6.18 Å². The summed E-state index contributed by atoms with van der Waals surface area (Å²) in [6.07, 6.45) is -4.49. The van der Waals surface area contributed by atoms with Crippen molar-refractivity contribution in [1.29, 1.82) is 5.26 Å². The molecule has 0 aliphatic heterocycles. The van der Waals surface area contributed by atoms with Gasteiger partial charge in [-0.15, -0.1) is 0 Å². The minimum atomic E-state index is -4.49. The van der Waals surface area contributed by atoms with Crippen LogP contribution in [0.2, 0.25) is 0 Å². The van der Waals surface area contributed by atoms with Crippen molar-refractivity contribution in [1.82, 2.24) is 0 Å². The number of benzene rings is 1. The lowest BCUT2D eigenvalue weighted by molar-refractivity contribution is -0.138. The maximum absolute atomic E-state index is 12.3. The number of hydrogen-bond acceptors (Lipinski definition) is 2. The Morgan fingerprint density at radius 2 is 1.93 bits per heavy atom. The van der Waals surface area contributed by atoms with Crippen LogP contribution in [0.25, 0.3) is 0 Å². The predicted molar refractivity (Wildman–Crippen MR) is 48.3 cm³/mol. The lowest BCUT2D eigenvalue weighted by Gasteiger charge is -2.10. The quantitative estimate of drug-likeness (QED) is 0.733. The molecule has 0 heterocycles. The van der Waals surface area contributed by atoms with E-state index in [1.165, 1.54) is 0 Å². The Labute approximate surface area is 86.3 Å². The number of rotatable bonds is 0. The Bertz CT molecular complexity index is 406. The van der Waals surface area contributed by atoms with E-state index in [9.17, 15) is 13.2 Å². The van der Waals surface area contributed by atoms with Gasteiger partial charge in [0.05, 0.1) is 16.8 Å². The fourth-order valence-corrected chi connectivity index (χ4v) is 1.49. The Hall–Kier alpha value is -1.22. The standard InChI is InChI=1S/C8H4BrF3N2/c9-6-2-7(14)4(3-13)1-5(6)8(10,11)12/h1-2H,14H2. The Morgan fingerprint density at radius 1 is 1.36 bits per heavy atom.